The Bertz CT molecular complexity index is 1720. The maximum atomic E-state index is 13.0. The van der Waals surface area contributed by atoms with Gasteiger partial charge in [-0.05, 0) is 135 Å². The molecule has 0 aliphatic carbocycles. The van der Waals surface area contributed by atoms with Crippen molar-refractivity contribution in [3.05, 3.63) is 134 Å². The van der Waals surface area contributed by atoms with Crippen LogP contribution in [0.2, 0.25) is 0 Å². The fourth-order valence-corrected chi connectivity index (χ4v) is 9.14. The number of allylic oxidation sites excluding steroid dienone is 22. The third-order valence-corrected chi connectivity index (χ3v) is 14.1. The maximum Gasteiger partial charge on any atom is 0.306 e. The van der Waals surface area contributed by atoms with Crippen molar-refractivity contribution in [2.24, 2.45) is 0 Å². The average Bonchev–Trinajstić information content (AvgIpc) is 3.47. The molecule has 1 unspecified atom stereocenters. The number of carbonyl (C=O) groups is 3. The van der Waals surface area contributed by atoms with Crippen LogP contribution in [0.1, 0.15) is 303 Å². The Balaban J connectivity index is 4.44. The van der Waals surface area contributed by atoms with Crippen molar-refractivity contribution in [2.45, 2.75) is 309 Å². The monoisotopic (exact) mass is 1120 g/mol. The van der Waals surface area contributed by atoms with E-state index in [9.17, 15) is 14.4 Å². The maximum absolute atomic E-state index is 13.0. The zero-order valence-electron chi connectivity index (χ0n) is 52.8. The van der Waals surface area contributed by atoms with Crippen molar-refractivity contribution >= 4 is 17.9 Å². The first-order valence-corrected chi connectivity index (χ1v) is 33.7. The topological polar surface area (TPSA) is 78.9 Å². The van der Waals surface area contributed by atoms with Crippen LogP contribution < -0.4 is 0 Å². The summed E-state index contributed by atoms with van der Waals surface area (Å²) in [5, 5.41) is 0. The summed E-state index contributed by atoms with van der Waals surface area (Å²) in [6.07, 6.45) is 96.0. The highest BCUT2D eigenvalue weighted by Gasteiger charge is 2.19. The summed E-state index contributed by atoms with van der Waals surface area (Å²) in [6.45, 7) is 6.39. The summed E-state index contributed by atoms with van der Waals surface area (Å²) in [5.74, 6) is -0.926. The van der Waals surface area contributed by atoms with Gasteiger partial charge in [-0.25, -0.2) is 0 Å². The molecule has 0 saturated carbocycles. The first-order valence-electron chi connectivity index (χ1n) is 33.7. The molecule has 0 amide bonds. The van der Waals surface area contributed by atoms with Gasteiger partial charge in [0, 0.05) is 19.3 Å². The van der Waals surface area contributed by atoms with E-state index in [1.54, 1.807) is 0 Å². The van der Waals surface area contributed by atoms with Gasteiger partial charge < -0.3 is 14.2 Å². The molecule has 0 bridgehead atoms. The Morgan fingerprint density at radius 3 is 0.753 bits per heavy atom. The molecule has 1 atom stereocenters. The van der Waals surface area contributed by atoms with Crippen molar-refractivity contribution in [1.29, 1.82) is 0 Å². The zero-order valence-corrected chi connectivity index (χ0v) is 52.8. The number of carbonyl (C=O) groups excluding carboxylic acids is 3. The zero-order chi connectivity index (χ0) is 58.5. The first kappa shape index (κ1) is 76.5. The summed E-state index contributed by atoms with van der Waals surface area (Å²) >= 11 is 0. The molecule has 0 saturated heterocycles. The van der Waals surface area contributed by atoms with Crippen molar-refractivity contribution in [3.8, 4) is 0 Å². The second kappa shape index (κ2) is 68.1. The van der Waals surface area contributed by atoms with Gasteiger partial charge in [0.2, 0.25) is 0 Å². The predicted molar refractivity (Wildman–Crippen MR) is 353 cm³/mol. The highest BCUT2D eigenvalue weighted by Crippen LogP contribution is 2.16. The van der Waals surface area contributed by atoms with E-state index in [0.717, 1.165) is 141 Å². The van der Waals surface area contributed by atoms with Gasteiger partial charge in [0.25, 0.3) is 0 Å². The Hall–Kier alpha value is -4.45. The number of hydrogen-bond donors (Lipinski definition) is 0. The fraction of sp³-hybridized carbons (Fsp3) is 0.667. The van der Waals surface area contributed by atoms with Crippen LogP contribution in [-0.4, -0.2) is 37.2 Å². The van der Waals surface area contributed by atoms with Gasteiger partial charge in [-0.15, -0.1) is 0 Å². The molecule has 0 spiro atoms. The molecule has 0 radical (unpaired) electrons. The summed E-state index contributed by atoms with van der Waals surface area (Å²) in [6, 6.07) is 0. The molecule has 6 heteroatoms. The van der Waals surface area contributed by atoms with E-state index in [2.05, 4.69) is 154 Å². The number of esters is 3. The fourth-order valence-electron chi connectivity index (χ4n) is 9.14. The number of unbranched alkanes of at least 4 members (excludes halogenated alkanes) is 27. The van der Waals surface area contributed by atoms with Gasteiger partial charge in [0.05, 0.1) is 0 Å². The molecule has 0 aromatic heterocycles. The van der Waals surface area contributed by atoms with E-state index >= 15 is 0 Å². The van der Waals surface area contributed by atoms with Crippen LogP contribution in [0.25, 0.3) is 0 Å². The molecular weight excluding hydrogens is 997 g/mol. The van der Waals surface area contributed by atoms with Crippen LogP contribution in [0.3, 0.4) is 0 Å². The highest BCUT2D eigenvalue weighted by molar-refractivity contribution is 5.71. The Kier molecular flexibility index (Phi) is 64.3. The smallest absolute Gasteiger partial charge is 0.306 e. The Morgan fingerprint density at radius 1 is 0.259 bits per heavy atom. The lowest BCUT2D eigenvalue weighted by atomic mass is 10.0. The minimum absolute atomic E-state index is 0.0959. The predicted octanol–water partition coefficient (Wildman–Crippen LogP) is 23.3. The lowest BCUT2D eigenvalue weighted by molar-refractivity contribution is -0.167. The Morgan fingerprint density at radius 2 is 0.481 bits per heavy atom. The molecule has 0 aliphatic rings. The molecular formula is C75H124O6. The quantitative estimate of drug-likeness (QED) is 0.0261. The van der Waals surface area contributed by atoms with Crippen molar-refractivity contribution in [2.75, 3.05) is 13.2 Å². The van der Waals surface area contributed by atoms with Crippen LogP contribution in [0.15, 0.2) is 134 Å². The average molecular weight is 1120 g/mol. The van der Waals surface area contributed by atoms with Gasteiger partial charge in [-0.2, -0.15) is 0 Å². The van der Waals surface area contributed by atoms with Crippen LogP contribution in [0, 0.1) is 0 Å². The van der Waals surface area contributed by atoms with Crippen molar-refractivity contribution in [1.82, 2.24) is 0 Å². The lowest BCUT2D eigenvalue weighted by Gasteiger charge is -2.18. The van der Waals surface area contributed by atoms with Gasteiger partial charge in [0.1, 0.15) is 13.2 Å². The molecule has 0 aromatic rings. The molecule has 0 heterocycles. The minimum Gasteiger partial charge on any atom is -0.462 e. The summed E-state index contributed by atoms with van der Waals surface area (Å²) < 4.78 is 16.9. The molecule has 0 N–H and O–H groups in total. The van der Waals surface area contributed by atoms with Gasteiger partial charge in [0.15, 0.2) is 6.10 Å². The molecule has 0 fully saturated rings. The number of rotatable bonds is 60. The summed E-state index contributed by atoms with van der Waals surface area (Å²) in [5.41, 5.74) is 0. The summed E-state index contributed by atoms with van der Waals surface area (Å²) in [4.78, 5) is 38.4. The highest BCUT2D eigenvalue weighted by atomic mass is 16.6. The van der Waals surface area contributed by atoms with Gasteiger partial charge in [-0.1, -0.05) is 283 Å². The van der Waals surface area contributed by atoms with Crippen molar-refractivity contribution in [3.63, 3.8) is 0 Å². The second-order valence-corrected chi connectivity index (χ2v) is 22.0. The van der Waals surface area contributed by atoms with Gasteiger partial charge >= 0.3 is 17.9 Å². The Labute approximate surface area is 500 Å². The standard InChI is InChI=1S/C75H124O6/c1-4-7-10-13-16-19-22-25-28-31-33-35-37-39-41-44-47-50-53-56-59-62-65-68-74(77)80-71-72(70-79-73(76)67-64-61-58-55-52-49-46-43-30-27-24-21-18-15-12-9-6-3)81-75(78)69-66-63-60-57-54-51-48-45-42-40-38-36-34-32-29-26-23-20-17-14-11-8-5-2/h7,9-10,12,16,18-19,21,23,25-28,30,32-35,39,41,46,49,72H,4-6,8,11,13-15,17,20,22,24,29,31,36-38,40,42-45,47-48,50-71H2,1-3H3/b10-7-,12-9-,19-16-,21-18-,26-23-,28-25-,30-27-,34-32-,35-33-,41-39-,49-46-. The largest absolute Gasteiger partial charge is 0.462 e. The molecule has 81 heavy (non-hydrogen) atoms. The SMILES string of the molecule is CC/C=C\C/C=C\C/C=C\C/C=C\C/C=C\CCCCCCCCCC(=O)OCC(COC(=O)CCCCCC/C=C\C/C=C\C/C=C\C/C=C\CC)OC(=O)CCCCCCCCCCCCC/C=C\C/C=C\CCCCCCC. The van der Waals surface area contributed by atoms with E-state index < -0.39 is 6.10 Å². The normalized spacial score (nSPS) is 13.0. The molecule has 0 aromatic carbocycles. The molecule has 460 valence electrons. The van der Waals surface area contributed by atoms with Crippen LogP contribution >= 0.6 is 0 Å². The third kappa shape index (κ3) is 66.2. The van der Waals surface area contributed by atoms with E-state index in [4.69, 9.17) is 14.2 Å². The van der Waals surface area contributed by atoms with E-state index in [1.807, 2.05) is 0 Å². The van der Waals surface area contributed by atoms with Crippen LogP contribution in [0.4, 0.5) is 0 Å². The molecule has 0 aliphatic heterocycles. The number of hydrogen-bond acceptors (Lipinski definition) is 6. The van der Waals surface area contributed by atoms with Crippen molar-refractivity contribution < 1.29 is 28.6 Å². The van der Waals surface area contributed by atoms with Crippen LogP contribution in [0.5, 0.6) is 0 Å². The third-order valence-electron chi connectivity index (χ3n) is 14.1. The van der Waals surface area contributed by atoms with E-state index in [-0.39, 0.29) is 31.1 Å². The minimum atomic E-state index is -0.801. The van der Waals surface area contributed by atoms with Gasteiger partial charge in [-0.3, -0.25) is 14.4 Å². The molecule has 0 rings (SSSR count). The summed E-state index contributed by atoms with van der Waals surface area (Å²) in [7, 11) is 0. The number of ether oxygens (including phenoxy) is 3. The van der Waals surface area contributed by atoms with E-state index in [0.29, 0.717) is 19.3 Å². The second-order valence-electron chi connectivity index (χ2n) is 22.0. The lowest BCUT2D eigenvalue weighted by Crippen LogP contribution is -2.30. The first-order chi connectivity index (χ1) is 40.0. The molecule has 6 nitrogen and oxygen atoms in total. The van der Waals surface area contributed by atoms with E-state index in [1.165, 1.54) is 122 Å². The van der Waals surface area contributed by atoms with Crippen LogP contribution in [-0.2, 0) is 28.6 Å².